The Kier molecular flexibility index (Phi) is 7.92. The first kappa shape index (κ1) is 13.0. The summed E-state index contributed by atoms with van der Waals surface area (Å²) in [7, 11) is 0. The average Bonchev–Trinajstić information content (AvgIpc) is 2.20. The summed E-state index contributed by atoms with van der Waals surface area (Å²) in [5.41, 5.74) is 1.39. The lowest BCUT2D eigenvalue weighted by molar-refractivity contribution is 0.725. The fraction of sp³-hybridized carbons (Fsp3) is 0.429. The Morgan fingerprint density at radius 1 is 1.21 bits per heavy atom. The summed E-state index contributed by atoms with van der Waals surface area (Å²) < 4.78 is 0. The Morgan fingerprint density at radius 2 is 1.71 bits per heavy atom. The Morgan fingerprint density at radius 3 is 2.14 bits per heavy atom. The van der Waals surface area contributed by atoms with Crippen LogP contribution in [0.1, 0.15) is 32.8 Å². The molecule has 0 nitrogen and oxygen atoms in total. The van der Waals surface area contributed by atoms with E-state index in [9.17, 15) is 0 Å². The number of allylic oxidation sites excluding steroid dienone is 1. The third-order valence-electron chi connectivity index (χ3n) is 1.80. The van der Waals surface area contributed by atoms with Crippen molar-refractivity contribution < 1.29 is 0 Å². The summed E-state index contributed by atoms with van der Waals surface area (Å²) in [6.07, 6.45) is 4.34. The van der Waals surface area contributed by atoms with Crippen molar-refractivity contribution in [3.05, 3.63) is 48.6 Å². The molecule has 1 unspecified atom stereocenters. The molecule has 0 heterocycles. The molecule has 1 rings (SSSR count). The first-order valence-electron chi connectivity index (χ1n) is 5.41. The highest BCUT2D eigenvalue weighted by molar-refractivity contribution is 5.15. The van der Waals surface area contributed by atoms with Crippen LogP contribution in [0.25, 0.3) is 0 Å². The molecular formula is C14H22. The molecule has 0 aliphatic carbocycles. The molecule has 0 amide bonds. The molecule has 1 aromatic carbocycles. The van der Waals surface area contributed by atoms with E-state index in [4.69, 9.17) is 0 Å². The zero-order chi connectivity index (χ0) is 10.8. The SMILES string of the molecule is C=CC(C)Cc1ccccc1.CCC. The highest BCUT2D eigenvalue weighted by Gasteiger charge is 1.96. The minimum Gasteiger partial charge on any atom is -0.103 e. The van der Waals surface area contributed by atoms with Crippen LogP contribution in [0.4, 0.5) is 0 Å². The predicted molar refractivity (Wildman–Crippen MR) is 65.5 cm³/mol. The summed E-state index contributed by atoms with van der Waals surface area (Å²) in [5.74, 6) is 0.581. The molecule has 0 aromatic heterocycles. The van der Waals surface area contributed by atoms with Crippen LogP contribution in [0.2, 0.25) is 0 Å². The standard InChI is InChI=1S/C11H14.C3H8/c1-3-10(2)9-11-7-5-4-6-8-11;1-3-2/h3-8,10H,1,9H2,2H3;3H2,1-2H3. The zero-order valence-corrected chi connectivity index (χ0v) is 9.66. The van der Waals surface area contributed by atoms with E-state index in [1.165, 1.54) is 12.0 Å². The number of hydrogen-bond donors (Lipinski definition) is 0. The molecule has 78 valence electrons. The molecular weight excluding hydrogens is 168 g/mol. The summed E-state index contributed by atoms with van der Waals surface area (Å²) in [6.45, 7) is 10.2. The van der Waals surface area contributed by atoms with Gasteiger partial charge in [-0.1, -0.05) is 63.6 Å². The van der Waals surface area contributed by atoms with Gasteiger partial charge in [0.05, 0.1) is 0 Å². The smallest absolute Gasteiger partial charge is 0.0218 e. The van der Waals surface area contributed by atoms with Crippen LogP contribution < -0.4 is 0 Å². The van der Waals surface area contributed by atoms with Gasteiger partial charge in [-0.2, -0.15) is 0 Å². The maximum atomic E-state index is 3.76. The van der Waals surface area contributed by atoms with Crippen LogP contribution in [0.3, 0.4) is 0 Å². The van der Waals surface area contributed by atoms with Crippen molar-refractivity contribution in [3.8, 4) is 0 Å². The van der Waals surface area contributed by atoms with Gasteiger partial charge in [-0.05, 0) is 17.9 Å². The topological polar surface area (TPSA) is 0 Å². The molecule has 0 saturated carbocycles. The molecule has 0 radical (unpaired) electrons. The zero-order valence-electron chi connectivity index (χ0n) is 9.66. The van der Waals surface area contributed by atoms with Gasteiger partial charge in [0.15, 0.2) is 0 Å². The first-order valence-corrected chi connectivity index (χ1v) is 5.41. The van der Waals surface area contributed by atoms with Crippen LogP contribution in [-0.4, -0.2) is 0 Å². The van der Waals surface area contributed by atoms with Crippen molar-refractivity contribution in [1.82, 2.24) is 0 Å². The van der Waals surface area contributed by atoms with E-state index < -0.39 is 0 Å². The van der Waals surface area contributed by atoms with E-state index in [1.807, 2.05) is 12.1 Å². The number of hydrogen-bond acceptors (Lipinski definition) is 0. The van der Waals surface area contributed by atoms with Gasteiger partial charge >= 0.3 is 0 Å². The van der Waals surface area contributed by atoms with Gasteiger partial charge < -0.3 is 0 Å². The van der Waals surface area contributed by atoms with Crippen LogP contribution >= 0.6 is 0 Å². The largest absolute Gasteiger partial charge is 0.103 e. The maximum Gasteiger partial charge on any atom is -0.0218 e. The van der Waals surface area contributed by atoms with E-state index in [2.05, 4.69) is 51.6 Å². The first-order chi connectivity index (χ1) is 6.74. The third-order valence-corrected chi connectivity index (χ3v) is 1.80. The lowest BCUT2D eigenvalue weighted by atomic mass is 10.0. The second-order valence-corrected chi connectivity index (χ2v) is 3.61. The van der Waals surface area contributed by atoms with E-state index in [1.54, 1.807) is 0 Å². The highest BCUT2D eigenvalue weighted by Crippen LogP contribution is 2.07. The Labute approximate surface area is 88.7 Å². The van der Waals surface area contributed by atoms with Gasteiger partial charge in [-0.15, -0.1) is 6.58 Å². The van der Waals surface area contributed by atoms with Crippen LogP contribution in [-0.2, 0) is 6.42 Å². The Hall–Kier alpha value is -1.04. The molecule has 1 aromatic rings. The lowest BCUT2D eigenvalue weighted by Gasteiger charge is -2.04. The van der Waals surface area contributed by atoms with E-state index in [0.717, 1.165) is 6.42 Å². The van der Waals surface area contributed by atoms with Gasteiger partial charge in [-0.3, -0.25) is 0 Å². The van der Waals surface area contributed by atoms with Gasteiger partial charge in [0, 0.05) is 0 Å². The quantitative estimate of drug-likeness (QED) is 0.617. The van der Waals surface area contributed by atoms with Crippen LogP contribution in [0.5, 0.6) is 0 Å². The minimum absolute atomic E-state index is 0.581. The third kappa shape index (κ3) is 6.47. The molecule has 0 heteroatoms. The molecule has 1 atom stereocenters. The molecule has 0 bridgehead atoms. The maximum absolute atomic E-state index is 3.76. The fourth-order valence-corrected chi connectivity index (χ4v) is 1.07. The molecule has 0 spiro atoms. The van der Waals surface area contributed by atoms with Crippen LogP contribution in [0, 0.1) is 5.92 Å². The molecule has 0 fully saturated rings. The highest BCUT2D eigenvalue weighted by atomic mass is 14.0. The van der Waals surface area contributed by atoms with E-state index >= 15 is 0 Å². The predicted octanol–water partition coefficient (Wildman–Crippen LogP) is 4.47. The normalized spacial score (nSPS) is 11.1. The van der Waals surface area contributed by atoms with Crippen molar-refractivity contribution in [2.75, 3.05) is 0 Å². The van der Waals surface area contributed by atoms with Crippen molar-refractivity contribution >= 4 is 0 Å². The molecule has 0 saturated heterocycles. The minimum atomic E-state index is 0.581. The van der Waals surface area contributed by atoms with Gasteiger partial charge in [0.25, 0.3) is 0 Å². The van der Waals surface area contributed by atoms with Crippen LogP contribution in [0.15, 0.2) is 43.0 Å². The summed E-state index contributed by atoms with van der Waals surface area (Å²) >= 11 is 0. The summed E-state index contributed by atoms with van der Waals surface area (Å²) in [4.78, 5) is 0. The average molecular weight is 190 g/mol. The summed E-state index contributed by atoms with van der Waals surface area (Å²) in [5, 5.41) is 0. The van der Waals surface area contributed by atoms with Crippen molar-refractivity contribution in [2.24, 2.45) is 5.92 Å². The second kappa shape index (κ2) is 8.55. The molecule has 14 heavy (non-hydrogen) atoms. The van der Waals surface area contributed by atoms with Gasteiger partial charge in [-0.25, -0.2) is 0 Å². The van der Waals surface area contributed by atoms with E-state index in [-0.39, 0.29) is 0 Å². The second-order valence-electron chi connectivity index (χ2n) is 3.61. The van der Waals surface area contributed by atoms with Crippen molar-refractivity contribution in [3.63, 3.8) is 0 Å². The number of rotatable bonds is 3. The monoisotopic (exact) mass is 190 g/mol. The molecule has 0 aliphatic rings. The van der Waals surface area contributed by atoms with Gasteiger partial charge in [0.1, 0.15) is 0 Å². The van der Waals surface area contributed by atoms with Crippen molar-refractivity contribution in [1.29, 1.82) is 0 Å². The van der Waals surface area contributed by atoms with E-state index in [0.29, 0.717) is 5.92 Å². The van der Waals surface area contributed by atoms with Gasteiger partial charge in [0.2, 0.25) is 0 Å². The van der Waals surface area contributed by atoms with Crippen molar-refractivity contribution in [2.45, 2.75) is 33.6 Å². The summed E-state index contributed by atoms with van der Waals surface area (Å²) in [6, 6.07) is 10.5. The Bertz CT molecular complexity index is 223. The molecule has 0 aliphatic heterocycles. The Balaban J connectivity index is 0.000000500. The number of benzene rings is 1. The lowest BCUT2D eigenvalue weighted by Crippen LogP contribution is -1.94. The fourth-order valence-electron chi connectivity index (χ4n) is 1.07. The molecule has 0 N–H and O–H groups in total.